The minimum Gasteiger partial charge on any atom is -0.310 e. The molecule has 5 atom stereocenters. The van der Waals surface area contributed by atoms with Gasteiger partial charge in [0.2, 0.25) is 0 Å². The predicted octanol–water partition coefficient (Wildman–Crippen LogP) is 14.4. The van der Waals surface area contributed by atoms with Gasteiger partial charge in [-0.05, 0) is 165 Å². The molecule has 0 amide bonds. The monoisotopic (exact) mass is 733 g/mol. The lowest BCUT2D eigenvalue weighted by molar-refractivity contribution is 0.106. The van der Waals surface area contributed by atoms with Gasteiger partial charge in [-0.3, -0.25) is 0 Å². The van der Waals surface area contributed by atoms with Gasteiger partial charge in [-0.2, -0.15) is 0 Å². The third-order valence-corrected chi connectivity index (χ3v) is 16.0. The van der Waals surface area contributed by atoms with Crippen molar-refractivity contribution in [2.24, 2.45) is 23.7 Å². The Morgan fingerprint density at radius 3 is 1.93 bits per heavy atom. The number of benzene rings is 7. The highest BCUT2D eigenvalue weighted by Gasteiger charge is 2.62. The quantitative estimate of drug-likeness (QED) is 0.174. The van der Waals surface area contributed by atoms with E-state index < -0.39 is 0 Å². The molecule has 0 saturated heterocycles. The summed E-state index contributed by atoms with van der Waals surface area (Å²) in [5.74, 6) is 3.31. The Morgan fingerprint density at radius 2 is 1.11 bits per heavy atom. The Bertz CT molecular complexity index is 2810. The smallest absolute Gasteiger partial charge is 0.0543 e. The minimum absolute atomic E-state index is 0.0869. The number of hydrogen-bond acceptors (Lipinski definition) is 1. The van der Waals surface area contributed by atoms with Crippen molar-refractivity contribution in [1.29, 1.82) is 0 Å². The van der Waals surface area contributed by atoms with E-state index in [-0.39, 0.29) is 10.8 Å². The fourth-order valence-electron chi connectivity index (χ4n) is 13.7. The summed E-state index contributed by atoms with van der Waals surface area (Å²) in [6.45, 7) is 4.82. The Kier molecular flexibility index (Phi) is 6.53. The van der Waals surface area contributed by atoms with E-state index in [0.717, 1.165) is 30.1 Å². The van der Waals surface area contributed by atoms with E-state index in [0.29, 0.717) is 0 Å². The standard InChI is InChI=1S/C56H47N/c1-55(2)49-16-8-6-14-45(49)47-25-22-42(32-51(47)55)57(53-18-10-13-37-28-39-27-35(20-24-44(39)54(37)53)34-11-4-3-5-12-34)43-23-26-48-46-15-7-9-17-50(46)56(52(48)33-43)40-21-19-36-29-41(56)31-38(36)30-40/h3-18,20,22-27,32-33,36,38,40-41H,19,21,28-31H2,1-2H3. The molecule has 3 saturated carbocycles. The molecule has 0 aromatic heterocycles. The van der Waals surface area contributed by atoms with E-state index in [1.54, 1.807) is 11.1 Å². The fraction of sp³-hybridized carbons (Fsp3) is 0.250. The molecule has 3 bridgehead atoms. The molecule has 5 unspecified atom stereocenters. The van der Waals surface area contributed by atoms with Gasteiger partial charge in [0.1, 0.15) is 0 Å². The van der Waals surface area contributed by atoms with E-state index in [4.69, 9.17) is 0 Å². The van der Waals surface area contributed by atoms with Crippen molar-refractivity contribution < 1.29 is 0 Å². The Morgan fingerprint density at radius 1 is 0.456 bits per heavy atom. The molecule has 0 heterocycles. The van der Waals surface area contributed by atoms with Gasteiger partial charge < -0.3 is 4.90 Å². The molecule has 3 fully saturated rings. The summed E-state index contributed by atoms with van der Waals surface area (Å²) in [6, 6.07) is 58.7. The first-order valence-corrected chi connectivity index (χ1v) is 21.6. The Hall–Kier alpha value is -5.66. The summed E-state index contributed by atoms with van der Waals surface area (Å²) in [4.78, 5) is 2.65. The minimum atomic E-state index is -0.0869. The van der Waals surface area contributed by atoms with Gasteiger partial charge in [0, 0.05) is 27.8 Å². The molecule has 0 N–H and O–H groups in total. The van der Waals surface area contributed by atoms with Gasteiger partial charge in [-0.15, -0.1) is 0 Å². The van der Waals surface area contributed by atoms with Crippen LogP contribution >= 0.6 is 0 Å². The molecule has 6 aliphatic carbocycles. The first kappa shape index (κ1) is 32.4. The molecule has 0 radical (unpaired) electrons. The van der Waals surface area contributed by atoms with Gasteiger partial charge in [0.15, 0.2) is 0 Å². The van der Waals surface area contributed by atoms with E-state index in [1.165, 1.54) is 116 Å². The van der Waals surface area contributed by atoms with Gasteiger partial charge >= 0.3 is 0 Å². The second-order valence-electron chi connectivity index (χ2n) is 18.8. The summed E-state index contributed by atoms with van der Waals surface area (Å²) < 4.78 is 0. The van der Waals surface area contributed by atoms with Crippen LogP contribution in [0.5, 0.6) is 0 Å². The third kappa shape index (κ3) is 4.25. The molecule has 1 heteroatoms. The van der Waals surface area contributed by atoms with Crippen LogP contribution in [0.25, 0.3) is 44.5 Å². The van der Waals surface area contributed by atoms with Crippen LogP contribution in [0, 0.1) is 23.7 Å². The number of rotatable bonds is 4. The third-order valence-electron chi connectivity index (χ3n) is 16.0. The maximum atomic E-state index is 2.68. The van der Waals surface area contributed by atoms with E-state index in [1.807, 2.05) is 0 Å². The van der Waals surface area contributed by atoms with Gasteiger partial charge in [0.05, 0.1) is 5.69 Å². The summed E-state index contributed by atoms with van der Waals surface area (Å²) in [7, 11) is 0. The van der Waals surface area contributed by atoms with Crippen molar-refractivity contribution in [1.82, 2.24) is 0 Å². The van der Waals surface area contributed by atoms with Crippen LogP contribution in [0.4, 0.5) is 17.1 Å². The maximum Gasteiger partial charge on any atom is 0.0543 e. The van der Waals surface area contributed by atoms with E-state index in [2.05, 4.69) is 170 Å². The molecule has 276 valence electrons. The van der Waals surface area contributed by atoms with Crippen LogP contribution in [0.1, 0.15) is 79.3 Å². The zero-order valence-electron chi connectivity index (χ0n) is 32.9. The normalized spacial score (nSPS) is 24.5. The average molecular weight is 734 g/mol. The van der Waals surface area contributed by atoms with Gasteiger partial charge in [0.25, 0.3) is 0 Å². The largest absolute Gasteiger partial charge is 0.310 e. The summed E-state index contributed by atoms with van der Waals surface area (Å²) >= 11 is 0. The molecule has 7 aromatic carbocycles. The highest BCUT2D eigenvalue weighted by Crippen LogP contribution is 2.70. The molecule has 7 aromatic rings. The Balaban J connectivity index is 1.04. The second kappa shape index (κ2) is 11.5. The zero-order chi connectivity index (χ0) is 37.6. The van der Waals surface area contributed by atoms with Crippen LogP contribution in [0.3, 0.4) is 0 Å². The van der Waals surface area contributed by atoms with Gasteiger partial charge in [-0.25, -0.2) is 0 Å². The predicted molar refractivity (Wildman–Crippen MR) is 236 cm³/mol. The number of fused-ring (bicyclic) bond motifs is 15. The Labute approximate surface area is 337 Å². The number of hydrogen-bond donors (Lipinski definition) is 0. The van der Waals surface area contributed by atoms with Crippen LogP contribution in [0.15, 0.2) is 152 Å². The maximum absolute atomic E-state index is 2.68. The molecular weight excluding hydrogens is 687 g/mol. The summed E-state index contributed by atoms with van der Waals surface area (Å²) in [5, 5.41) is 0. The first-order chi connectivity index (χ1) is 28.0. The van der Waals surface area contributed by atoms with Crippen LogP contribution < -0.4 is 4.90 Å². The van der Waals surface area contributed by atoms with Crippen LogP contribution in [-0.4, -0.2) is 0 Å². The number of anilines is 3. The van der Waals surface area contributed by atoms with E-state index >= 15 is 0 Å². The van der Waals surface area contributed by atoms with Crippen molar-refractivity contribution in [3.63, 3.8) is 0 Å². The lowest BCUT2D eigenvalue weighted by Gasteiger charge is -2.49. The van der Waals surface area contributed by atoms with Crippen molar-refractivity contribution >= 4 is 17.1 Å². The average Bonchev–Trinajstić information content (AvgIpc) is 3.94. The topological polar surface area (TPSA) is 3.24 Å². The number of nitrogens with zero attached hydrogens (tertiary/aromatic N) is 1. The second-order valence-corrected chi connectivity index (χ2v) is 18.8. The van der Waals surface area contributed by atoms with Crippen molar-refractivity contribution in [2.75, 3.05) is 4.90 Å². The van der Waals surface area contributed by atoms with Crippen molar-refractivity contribution in [3.05, 3.63) is 185 Å². The zero-order valence-corrected chi connectivity index (χ0v) is 32.9. The highest BCUT2D eigenvalue weighted by molar-refractivity contribution is 5.96. The fourth-order valence-corrected chi connectivity index (χ4v) is 13.7. The molecule has 1 spiro atoms. The summed E-state index contributed by atoms with van der Waals surface area (Å²) in [5.41, 5.74) is 23.7. The molecular formula is C56H47N. The van der Waals surface area contributed by atoms with Crippen LogP contribution in [0.2, 0.25) is 0 Å². The van der Waals surface area contributed by atoms with Crippen LogP contribution in [-0.2, 0) is 17.3 Å². The molecule has 6 aliphatic rings. The molecule has 1 nitrogen and oxygen atoms in total. The molecule has 0 aliphatic heterocycles. The van der Waals surface area contributed by atoms with Gasteiger partial charge in [-0.1, -0.05) is 135 Å². The summed E-state index contributed by atoms with van der Waals surface area (Å²) in [6.07, 6.45) is 7.94. The lowest BCUT2D eigenvalue weighted by atomic mass is 9.54. The van der Waals surface area contributed by atoms with Crippen molar-refractivity contribution in [2.45, 2.75) is 63.2 Å². The lowest BCUT2D eigenvalue weighted by Crippen LogP contribution is -2.45. The first-order valence-electron chi connectivity index (χ1n) is 21.6. The SMILES string of the molecule is CC1(C)c2ccccc2-c2ccc(N(c3ccc4c(c3)C3(c5ccccc5-4)C4CCC5CC3CC5C4)c3cccc4c3-c3ccc(-c5ccccc5)cc3C4)cc21. The molecule has 13 rings (SSSR count). The highest BCUT2D eigenvalue weighted by atomic mass is 15.1. The van der Waals surface area contributed by atoms with Crippen molar-refractivity contribution in [3.8, 4) is 44.5 Å². The molecule has 57 heavy (non-hydrogen) atoms. The van der Waals surface area contributed by atoms with E-state index in [9.17, 15) is 0 Å².